The van der Waals surface area contributed by atoms with E-state index >= 15 is 0 Å². The first kappa shape index (κ1) is 16.9. The fraction of sp³-hybridized carbons (Fsp3) is 0.267. The van der Waals surface area contributed by atoms with Crippen molar-refractivity contribution in [2.75, 3.05) is 0 Å². The number of pyridine rings is 1. The van der Waals surface area contributed by atoms with E-state index in [1.54, 1.807) is 42.8 Å². The molecule has 0 spiro atoms. The van der Waals surface area contributed by atoms with E-state index in [4.69, 9.17) is 11.6 Å². The first-order chi connectivity index (χ1) is 11.8. The van der Waals surface area contributed by atoms with Gasteiger partial charge in [0.05, 0.1) is 22.2 Å². The number of halogens is 1. The van der Waals surface area contributed by atoms with Gasteiger partial charge in [0.15, 0.2) is 0 Å². The lowest BCUT2D eigenvalue weighted by atomic mass is 10.3. The molecule has 10 heteroatoms. The molecule has 0 aromatic carbocycles. The van der Waals surface area contributed by atoms with E-state index in [0.717, 1.165) is 5.65 Å². The predicted molar refractivity (Wildman–Crippen MR) is 90.4 cm³/mol. The lowest BCUT2D eigenvalue weighted by Gasteiger charge is -2.04. The van der Waals surface area contributed by atoms with E-state index in [1.807, 2.05) is 0 Å². The molecule has 3 aromatic rings. The van der Waals surface area contributed by atoms with Crippen molar-refractivity contribution in [3.05, 3.63) is 56.7 Å². The number of carbonyl (C=O) groups is 1. The van der Waals surface area contributed by atoms with Crippen molar-refractivity contribution in [2.24, 2.45) is 0 Å². The number of aryl methyl sites for hydroxylation is 1. The number of amides is 1. The van der Waals surface area contributed by atoms with Gasteiger partial charge in [-0.1, -0.05) is 11.6 Å². The second-order valence-electron chi connectivity index (χ2n) is 5.56. The average molecular weight is 363 g/mol. The number of carbonyl (C=O) groups excluding carboxylic acids is 1. The molecule has 3 rings (SSSR count). The van der Waals surface area contributed by atoms with Crippen LogP contribution in [0.2, 0.25) is 5.02 Å². The number of fused-ring (bicyclic) bond motifs is 1. The van der Waals surface area contributed by atoms with Crippen LogP contribution >= 0.6 is 11.6 Å². The number of nitrogens with one attached hydrogen (secondary N) is 1. The van der Waals surface area contributed by atoms with Gasteiger partial charge in [0.2, 0.25) is 5.91 Å². The lowest BCUT2D eigenvalue weighted by Crippen LogP contribution is -2.28. The highest BCUT2D eigenvalue weighted by Gasteiger charge is 2.22. The normalized spacial score (nSPS) is 11.0. The molecule has 9 nitrogen and oxygen atoms in total. The molecule has 0 unspecified atom stereocenters. The second-order valence-corrected chi connectivity index (χ2v) is 5.99. The molecule has 0 aliphatic carbocycles. The summed E-state index contributed by atoms with van der Waals surface area (Å²) in [6.07, 6.45) is 3.50. The Balaban J connectivity index is 1.66. The highest BCUT2D eigenvalue weighted by Crippen LogP contribution is 2.21. The third kappa shape index (κ3) is 3.45. The number of aromatic nitrogens is 4. The molecular formula is C15H15ClN6O3. The minimum absolute atomic E-state index is 0.0648. The largest absolute Gasteiger partial charge is 0.349 e. The Morgan fingerprint density at radius 2 is 2.12 bits per heavy atom. The van der Waals surface area contributed by atoms with Crippen molar-refractivity contribution < 1.29 is 9.72 Å². The Morgan fingerprint density at radius 3 is 2.80 bits per heavy atom. The third-order valence-corrected chi connectivity index (χ3v) is 3.97. The van der Waals surface area contributed by atoms with Crippen LogP contribution in [0, 0.1) is 24.0 Å². The monoisotopic (exact) mass is 362 g/mol. The maximum absolute atomic E-state index is 12.1. The predicted octanol–water partition coefficient (Wildman–Crippen LogP) is 2.03. The topological polar surface area (TPSA) is 107 Å². The summed E-state index contributed by atoms with van der Waals surface area (Å²) in [6.45, 7) is 3.25. The van der Waals surface area contributed by atoms with Crippen LogP contribution in [0.25, 0.3) is 5.65 Å². The molecule has 0 fully saturated rings. The number of rotatable bonds is 5. The molecule has 3 aromatic heterocycles. The smallest absolute Gasteiger partial charge is 0.312 e. The van der Waals surface area contributed by atoms with Crippen molar-refractivity contribution in [1.29, 1.82) is 0 Å². The molecule has 0 saturated carbocycles. The zero-order chi connectivity index (χ0) is 18.1. The van der Waals surface area contributed by atoms with Crippen molar-refractivity contribution in [3.63, 3.8) is 0 Å². The molecule has 0 bridgehead atoms. The molecule has 1 N–H and O–H groups in total. The van der Waals surface area contributed by atoms with E-state index in [1.165, 1.54) is 4.68 Å². The third-order valence-electron chi connectivity index (χ3n) is 3.75. The van der Waals surface area contributed by atoms with E-state index < -0.39 is 4.92 Å². The van der Waals surface area contributed by atoms with Gasteiger partial charge in [-0.15, -0.1) is 0 Å². The molecule has 0 radical (unpaired) electrons. The Kier molecular flexibility index (Phi) is 4.41. The minimum Gasteiger partial charge on any atom is -0.349 e. The second kappa shape index (κ2) is 6.52. The van der Waals surface area contributed by atoms with Gasteiger partial charge in [-0.05, 0) is 26.0 Å². The molecule has 1 amide bonds. The number of hydrogen-bond acceptors (Lipinski definition) is 5. The maximum Gasteiger partial charge on any atom is 0.312 e. The Hall–Kier alpha value is -2.94. The zero-order valence-electron chi connectivity index (χ0n) is 13.6. The summed E-state index contributed by atoms with van der Waals surface area (Å²) >= 11 is 5.92. The highest BCUT2D eigenvalue weighted by molar-refractivity contribution is 6.30. The lowest BCUT2D eigenvalue weighted by molar-refractivity contribution is -0.386. The van der Waals surface area contributed by atoms with E-state index in [9.17, 15) is 14.9 Å². The molecule has 3 heterocycles. The van der Waals surface area contributed by atoms with Crippen molar-refractivity contribution in [2.45, 2.75) is 26.9 Å². The average Bonchev–Trinajstić information content (AvgIpc) is 3.05. The van der Waals surface area contributed by atoms with Crippen LogP contribution in [-0.4, -0.2) is 30.0 Å². The first-order valence-electron chi connectivity index (χ1n) is 7.43. The summed E-state index contributed by atoms with van der Waals surface area (Å²) in [5.74, 6) is -0.310. The molecule has 25 heavy (non-hydrogen) atoms. The molecule has 0 atom stereocenters. The van der Waals surface area contributed by atoms with Gasteiger partial charge in [0, 0.05) is 12.4 Å². The van der Waals surface area contributed by atoms with Crippen molar-refractivity contribution >= 4 is 28.8 Å². The van der Waals surface area contributed by atoms with Gasteiger partial charge >= 0.3 is 5.69 Å². The number of imidazole rings is 1. The Morgan fingerprint density at radius 1 is 1.36 bits per heavy atom. The van der Waals surface area contributed by atoms with E-state index in [2.05, 4.69) is 15.4 Å². The van der Waals surface area contributed by atoms with Crippen LogP contribution in [0.15, 0.2) is 24.5 Å². The fourth-order valence-corrected chi connectivity index (χ4v) is 2.76. The molecule has 130 valence electrons. The summed E-state index contributed by atoms with van der Waals surface area (Å²) in [5.41, 5.74) is 1.97. The quantitative estimate of drug-likeness (QED) is 0.552. The van der Waals surface area contributed by atoms with Crippen LogP contribution in [0.5, 0.6) is 0 Å². The summed E-state index contributed by atoms with van der Waals surface area (Å²) in [7, 11) is 0. The first-order valence-corrected chi connectivity index (χ1v) is 7.81. The number of hydrogen-bond donors (Lipinski definition) is 1. The van der Waals surface area contributed by atoms with Crippen LogP contribution in [0.3, 0.4) is 0 Å². The van der Waals surface area contributed by atoms with Gasteiger partial charge in [0.25, 0.3) is 0 Å². The molecular weight excluding hydrogens is 348 g/mol. The van der Waals surface area contributed by atoms with Crippen molar-refractivity contribution in [3.8, 4) is 0 Å². The van der Waals surface area contributed by atoms with Crippen LogP contribution in [-0.2, 0) is 17.9 Å². The molecule has 0 saturated heterocycles. The van der Waals surface area contributed by atoms with Gasteiger partial charge in [-0.25, -0.2) is 4.98 Å². The summed E-state index contributed by atoms with van der Waals surface area (Å²) in [5, 5.41) is 18.4. The van der Waals surface area contributed by atoms with E-state index in [-0.39, 0.29) is 30.4 Å². The van der Waals surface area contributed by atoms with Crippen molar-refractivity contribution in [1.82, 2.24) is 24.5 Å². The zero-order valence-corrected chi connectivity index (χ0v) is 14.3. The Labute approximate surface area is 147 Å². The van der Waals surface area contributed by atoms with E-state index in [0.29, 0.717) is 16.4 Å². The molecule has 0 aliphatic rings. The van der Waals surface area contributed by atoms with Gasteiger partial charge < -0.3 is 9.72 Å². The number of nitro groups is 1. The summed E-state index contributed by atoms with van der Waals surface area (Å²) < 4.78 is 3.10. The molecule has 0 aliphatic heterocycles. The minimum atomic E-state index is -0.492. The highest BCUT2D eigenvalue weighted by atomic mass is 35.5. The Bertz CT molecular complexity index is 977. The standard InChI is InChI=1S/C15H15ClN6O3/c1-9-15(22(24)25)10(2)21(19-9)8-14(23)17-5-12-7-20-6-11(16)3-4-13(20)18-12/h3-4,6-7H,5,8H2,1-2H3,(H,17,23). The van der Waals surface area contributed by atoms with Gasteiger partial charge in [-0.2, -0.15) is 5.10 Å². The SMILES string of the molecule is Cc1nn(CC(=O)NCc2cn3cc(Cl)ccc3n2)c(C)c1[N+](=O)[O-]. The summed E-state index contributed by atoms with van der Waals surface area (Å²) in [4.78, 5) is 27.0. The van der Waals surface area contributed by atoms with Crippen LogP contribution < -0.4 is 5.32 Å². The van der Waals surface area contributed by atoms with Crippen LogP contribution in [0.4, 0.5) is 5.69 Å². The number of nitrogens with zero attached hydrogens (tertiary/aromatic N) is 5. The maximum atomic E-state index is 12.1. The van der Waals surface area contributed by atoms with Gasteiger partial charge in [0.1, 0.15) is 23.6 Å². The summed E-state index contributed by atoms with van der Waals surface area (Å²) in [6, 6.07) is 3.52. The van der Waals surface area contributed by atoms with Crippen LogP contribution in [0.1, 0.15) is 17.1 Å². The fourth-order valence-electron chi connectivity index (χ4n) is 2.59. The van der Waals surface area contributed by atoms with Gasteiger partial charge in [-0.3, -0.25) is 19.6 Å².